The highest BCUT2D eigenvalue weighted by atomic mass is 35.5. The van der Waals surface area contributed by atoms with Gasteiger partial charge in [-0.3, -0.25) is 9.59 Å². The standard InChI is InChI=1S/C8H12Cl2O4S2/c1-7(9,5(11)12)3-15-16-4-8(2,10)6(13)14/h3-4H2,1-2H3,(H,11,12)(H,13,14)/t7-,8-/m1/s1. The Balaban J connectivity index is 3.94. The lowest BCUT2D eigenvalue weighted by Crippen LogP contribution is -2.32. The highest BCUT2D eigenvalue weighted by Gasteiger charge is 2.33. The number of rotatable bonds is 7. The second-order valence-electron chi connectivity index (χ2n) is 3.53. The third-order valence-electron chi connectivity index (χ3n) is 1.64. The molecule has 8 heteroatoms. The van der Waals surface area contributed by atoms with Crippen molar-refractivity contribution in [1.82, 2.24) is 0 Å². The molecular formula is C8H12Cl2O4S2. The summed E-state index contributed by atoms with van der Waals surface area (Å²) in [6.07, 6.45) is 0. The van der Waals surface area contributed by atoms with Crippen molar-refractivity contribution >= 4 is 56.7 Å². The molecule has 0 aliphatic heterocycles. The van der Waals surface area contributed by atoms with Gasteiger partial charge < -0.3 is 10.2 Å². The van der Waals surface area contributed by atoms with E-state index in [2.05, 4.69) is 0 Å². The Morgan fingerprint density at radius 3 is 1.44 bits per heavy atom. The molecule has 0 radical (unpaired) electrons. The number of halogens is 2. The van der Waals surface area contributed by atoms with E-state index in [1.807, 2.05) is 0 Å². The van der Waals surface area contributed by atoms with Gasteiger partial charge in [0.2, 0.25) is 0 Å². The Labute approximate surface area is 111 Å². The van der Waals surface area contributed by atoms with Gasteiger partial charge in [-0.05, 0) is 13.8 Å². The summed E-state index contributed by atoms with van der Waals surface area (Å²) in [5, 5.41) is 17.4. The zero-order chi connectivity index (χ0) is 13.0. The summed E-state index contributed by atoms with van der Waals surface area (Å²) in [7, 11) is 2.38. The molecule has 0 aromatic carbocycles. The van der Waals surface area contributed by atoms with Crippen LogP contribution in [0, 0.1) is 0 Å². The summed E-state index contributed by atoms with van der Waals surface area (Å²) in [5.74, 6) is -1.87. The molecule has 94 valence electrons. The van der Waals surface area contributed by atoms with E-state index in [1.165, 1.54) is 35.4 Å². The Morgan fingerprint density at radius 2 is 1.25 bits per heavy atom. The quantitative estimate of drug-likeness (QED) is 0.428. The fourth-order valence-corrected chi connectivity index (χ4v) is 3.91. The van der Waals surface area contributed by atoms with Crippen LogP contribution in [-0.4, -0.2) is 43.4 Å². The first-order chi connectivity index (χ1) is 7.09. The molecule has 0 heterocycles. The minimum atomic E-state index is -1.34. The molecule has 0 aromatic heterocycles. The van der Waals surface area contributed by atoms with E-state index >= 15 is 0 Å². The summed E-state index contributed by atoms with van der Waals surface area (Å²) in [6.45, 7) is 2.78. The number of alkyl halides is 2. The zero-order valence-corrected chi connectivity index (χ0v) is 11.8. The predicted octanol–water partition coefficient (Wildman–Crippen LogP) is 2.53. The van der Waals surface area contributed by atoms with Crippen LogP contribution in [-0.2, 0) is 9.59 Å². The van der Waals surface area contributed by atoms with Crippen LogP contribution in [0.2, 0.25) is 0 Å². The highest BCUT2D eigenvalue weighted by molar-refractivity contribution is 8.76. The molecule has 0 spiro atoms. The first kappa shape index (κ1) is 16.2. The molecule has 0 bridgehead atoms. The Bertz CT molecular complexity index is 253. The van der Waals surface area contributed by atoms with Gasteiger partial charge in [0.15, 0.2) is 0 Å². The van der Waals surface area contributed by atoms with Crippen LogP contribution in [0.5, 0.6) is 0 Å². The topological polar surface area (TPSA) is 74.6 Å². The fourth-order valence-electron chi connectivity index (χ4n) is 0.428. The van der Waals surface area contributed by atoms with E-state index in [0.717, 1.165) is 0 Å². The Hall–Kier alpha value is 0.220. The monoisotopic (exact) mass is 306 g/mol. The Kier molecular flexibility index (Phi) is 6.32. The molecule has 0 saturated carbocycles. The number of carbonyl (C=O) groups is 2. The molecule has 0 aromatic rings. The van der Waals surface area contributed by atoms with Gasteiger partial charge in [0.05, 0.1) is 0 Å². The van der Waals surface area contributed by atoms with Gasteiger partial charge in [0.25, 0.3) is 0 Å². The summed E-state index contributed by atoms with van der Waals surface area (Å²) < 4.78 is 0. The Morgan fingerprint density at radius 1 is 1.00 bits per heavy atom. The van der Waals surface area contributed by atoms with Crippen molar-refractivity contribution < 1.29 is 19.8 Å². The molecule has 4 nitrogen and oxygen atoms in total. The lowest BCUT2D eigenvalue weighted by Gasteiger charge is -2.18. The van der Waals surface area contributed by atoms with Gasteiger partial charge in [-0.15, -0.1) is 23.2 Å². The van der Waals surface area contributed by atoms with Gasteiger partial charge in [0, 0.05) is 11.5 Å². The molecule has 0 saturated heterocycles. The van der Waals surface area contributed by atoms with Crippen LogP contribution in [0.1, 0.15) is 13.8 Å². The van der Waals surface area contributed by atoms with E-state index in [1.54, 1.807) is 0 Å². The molecule has 16 heavy (non-hydrogen) atoms. The van der Waals surface area contributed by atoms with Crippen molar-refractivity contribution in [3.63, 3.8) is 0 Å². The van der Waals surface area contributed by atoms with Crippen molar-refractivity contribution in [3.8, 4) is 0 Å². The molecule has 0 aliphatic carbocycles. The predicted molar refractivity (Wildman–Crippen MR) is 68.7 cm³/mol. The SMILES string of the molecule is C[C@@](Cl)(CSSC[C@@](C)(Cl)C(=O)O)C(=O)O. The van der Waals surface area contributed by atoms with Crippen LogP contribution in [0.4, 0.5) is 0 Å². The van der Waals surface area contributed by atoms with E-state index in [-0.39, 0.29) is 11.5 Å². The van der Waals surface area contributed by atoms with Crippen molar-refractivity contribution in [3.05, 3.63) is 0 Å². The van der Waals surface area contributed by atoms with Crippen molar-refractivity contribution in [1.29, 1.82) is 0 Å². The van der Waals surface area contributed by atoms with Crippen LogP contribution < -0.4 is 0 Å². The average Bonchev–Trinajstić information content (AvgIpc) is 2.12. The van der Waals surface area contributed by atoms with Gasteiger partial charge >= 0.3 is 11.9 Å². The van der Waals surface area contributed by atoms with Crippen LogP contribution in [0.15, 0.2) is 0 Å². The second-order valence-corrected chi connectivity index (χ2v) is 7.66. The van der Waals surface area contributed by atoms with Crippen molar-refractivity contribution in [2.45, 2.75) is 23.6 Å². The van der Waals surface area contributed by atoms with E-state index in [0.29, 0.717) is 0 Å². The smallest absolute Gasteiger partial charge is 0.325 e. The summed E-state index contributed by atoms with van der Waals surface area (Å²) in [6, 6.07) is 0. The van der Waals surface area contributed by atoms with E-state index in [4.69, 9.17) is 33.4 Å². The lowest BCUT2D eigenvalue weighted by molar-refractivity contribution is -0.140. The molecule has 2 atom stereocenters. The van der Waals surface area contributed by atoms with Crippen molar-refractivity contribution in [2.75, 3.05) is 11.5 Å². The maximum Gasteiger partial charge on any atom is 0.325 e. The molecule has 0 unspecified atom stereocenters. The highest BCUT2D eigenvalue weighted by Crippen LogP contribution is 2.33. The molecule has 0 aliphatic rings. The first-order valence-electron chi connectivity index (χ1n) is 4.18. The third kappa shape index (κ3) is 5.52. The molecule has 0 fully saturated rings. The fraction of sp³-hybridized carbons (Fsp3) is 0.750. The minimum absolute atomic E-state index is 0.168. The van der Waals surface area contributed by atoms with E-state index in [9.17, 15) is 9.59 Å². The number of carboxylic acids is 2. The molecule has 0 amide bonds. The number of carboxylic acid groups (broad SMARTS) is 2. The van der Waals surface area contributed by atoms with Gasteiger partial charge in [0.1, 0.15) is 9.75 Å². The van der Waals surface area contributed by atoms with Gasteiger partial charge in [-0.1, -0.05) is 21.6 Å². The zero-order valence-electron chi connectivity index (χ0n) is 8.70. The number of aliphatic carboxylic acids is 2. The normalized spacial score (nSPS) is 18.5. The van der Waals surface area contributed by atoms with Gasteiger partial charge in [-0.2, -0.15) is 0 Å². The third-order valence-corrected chi connectivity index (χ3v) is 5.31. The summed E-state index contributed by atoms with van der Waals surface area (Å²) in [4.78, 5) is 18.6. The first-order valence-corrected chi connectivity index (χ1v) is 7.43. The van der Waals surface area contributed by atoms with Crippen LogP contribution in [0.3, 0.4) is 0 Å². The second kappa shape index (κ2) is 6.23. The minimum Gasteiger partial charge on any atom is -0.480 e. The van der Waals surface area contributed by atoms with Gasteiger partial charge in [-0.25, -0.2) is 0 Å². The molecular weight excluding hydrogens is 295 g/mol. The molecule has 2 N–H and O–H groups in total. The number of hydrogen-bond acceptors (Lipinski definition) is 4. The van der Waals surface area contributed by atoms with Crippen LogP contribution >= 0.6 is 44.8 Å². The summed E-state index contributed by atoms with van der Waals surface area (Å²) in [5.41, 5.74) is 0. The summed E-state index contributed by atoms with van der Waals surface area (Å²) >= 11 is 11.4. The number of hydrogen-bond donors (Lipinski definition) is 2. The largest absolute Gasteiger partial charge is 0.480 e. The van der Waals surface area contributed by atoms with Crippen molar-refractivity contribution in [2.24, 2.45) is 0 Å². The maximum absolute atomic E-state index is 10.6. The maximum atomic E-state index is 10.6. The lowest BCUT2D eigenvalue weighted by atomic mass is 10.2. The van der Waals surface area contributed by atoms with E-state index < -0.39 is 21.7 Å². The van der Waals surface area contributed by atoms with Crippen LogP contribution in [0.25, 0.3) is 0 Å². The molecule has 0 rings (SSSR count). The average molecular weight is 307 g/mol.